The summed E-state index contributed by atoms with van der Waals surface area (Å²) in [5, 5.41) is 19.9. The fraction of sp³-hybridized carbons (Fsp3) is 0.238. The van der Waals surface area contributed by atoms with Crippen LogP contribution < -0.4 is 4.74 Å². The van der Waals surface area contributed by atoms with Gasteiger partial charge in [-0.05, 0) is 49.2 Å². The zero-order valence-corrected chi connectivity index (χ0v) is 16.9. The quantitative estimate of drug-likeness (QED) is 0.242. The van der Waals surface area contributed by atoms with Crippen molar-refractivity contribution in [2.75, 3.05) is 13.2 Å². The Hall–Kier alpha value is -3.31. The molecule has 0 aliphatic heterocycles. The molecule has 3 rings (SSSR count). The minimum absolute atomic E-state index is 0.172. The Kier molecular flexibility index (Phi) is 6.52. The van der Waals surface area contributed by atoms with E-state index in [0.717, 1.165) is 22.6 Å². The van der Waals surface area contributed by atoms with E-state index in [1.807, 2.05) is 54.8 Å². The second kappa shape index (κ2) is 9.26. The van der Waals surface area contributed by atoms with Crippen molar-refractivity contribution in [1.29, 1.82) is 0 Å². The molecule has 8 heteroatoms. The van der Waals surface area contributed by atoms with Crippen molar-refractivity contribution in [2.24, 2.45) is 0 Å². The van der Waals surface area contributed by atoms with Crippen molar-refractivity contribution in [3.05, 3.63) is 75.6 Å². The lowest BCUT2D eigenvalue weighted by Crippen LogP contribution is -2.11. The molecule has 0 radical (unpaired) electrons. The number of hydrogen-bond donors (Lipinski definition) is 0. The molecule has 0 N–H and O–H groups in total. The zero-order valence-electron chi connectivity index (χ0n) is 16.1. The standard InChI is InChI=1S/C21H20N4O3S/c1-4-12-28-19-10-8-17(9-11-19)20(14-24(26)27)29-21-23-22-16(3)25(21)18-7-5-6-15(2)13-18/h1,5-11,13,20H,12,14H2,2-3H3/t20-/m1/s1. The van der Waals surface area contributed by atoms with E-state index in [0.29, 0.717) is 10.9 Å². The molecule has 0 fully saturated rings. The number of nitro groups is 1. The number of nitrogens with zero attached hydrogens (tertiary/aromatic N) is 4. The third-order valence-electron chi connectivity index (χ3n) is 4.19. The van der Waals surface area contributed by atoms with Crippen LogP contribution in [0, 0.1) is 36.3 Å². The van der Waals surface area contributed by atoms with E-state index in [-0.39, 0.29) is 18.1 Å². The number of hydrogen-bond acceptors (Lipinski definition) is 6. The number of rotatable bonds is 8. The van der Waals surface area contributed by atoms with Crippen LogP contribution in [0.25, 0.3) is 5.69 Å². The molecule has 1 heterocycles. The second-order valence-electron chi connectivity index (χ2n) is 6.39. The monoisotopic (exact) mass is 408 g/mol. The first-order chi connectivity index (χ1) is 14.0. The maximum absolute atomic E-state index is 11.3. The van der Waals surface area contributed by atoms with Crippen LogP contribution in [0.4, 0.5) is 0 Å². The van der Waals surface area contributed by atoms with Crippen molar-refractivity contribution in [2.45, 2.75) is 24.3 Å². The molecular formula is C21H20N4O3S. The fourth-order valence-corrected chi connectivity index (χ4v) is 4.04. The van der Waals surface area contributed by atoms with E-state index in [2.05, 4.69) is 16.1 Å². The van der Waals surface area contributed by atoms with Crippen LogP contribution in [0.2, 0.25) is 0 Å². The topological polar surface area (TPSA) is 83.1 Å². The van der Waals surface area contributed by atoms with Crippen molar-refractivity contribution >= 4 is 11.8 Å². The molecule has 3 aromatic rings. The lowest BCUT2D eigenvalue weighted by Gasteiger charge is -2.15. The third-order valence-corrected chi connectivity index (χ3v) is 5.37. The summed E-state index contributed by atoms with van der Waals surface area (Å²) >= 11 is 1.32. The predicted molar refractivity (Wildman–Crippen MR) is 112 cm³/mol. The van der Waals surface area contributed by atoms with Crippen molar-refractivity contribution in [3.8, 4) is 23.8 Å². The lowest BCUT2D eigenvalue weighted by atomic mass is 10.1. The van der Waals surface area contributed by atoms with Crippen molar-refractivity contribution in [1.82, 2.24) is 14.8 Å². The SMILES string of the molecule is C#CCOc1ccc([C@@H](C[N+](=O)[O-])Sc2nnc(C)n2-c2cccc(C)c2)cc1. The van der Waals surface area contributed by atoms with Crippen LogP contribution in [0.3, 0.4) is 0 Å². The number of terminal acetylenes is 1. The Morgan fingerprint density at radius 1 is 1.24 bits per heavy atom. The van der Waals surface area contributed by atoms with Gasteiger partial charge in [-0.3, -0.25) is 14.7 Å². The largest absolute Gasteiger partial charge is 0.481 e. The molecule has 0 spiro atoms. The summed E-state index contributed by atoms with van der Waals surface area (Å²) in [6.07, 6.45) is 5.20. The third kappa shape index (κ3) is 5.15. The molecule has 7 nitrogen and oxygen atoms in total. The number of ether oxygens (including phenoxy) is 1. The van der Waals surface area contributed by atoms with Gasteiger partial charge in [0.25, 0.3) is 0 Å². The summed E-state index contributed by atoms with van der Waals surface area (Å²) in [5.41, 5.74) is 2.83. The molecule has 0 saturated carbocycles. The summed E-state index contributed by atoms with van der Waals surface area (Å²) in [6.45, 7) is 3.80. The van der Waals surface area contributed by atoms with Gasteiger partial charge in [0.1, 0.15) is 23.4 Å². The lowest BCUT2D eigenvalue weighted by molar-refractivity contribution is -0.479. The van der Waals surface area contributed by atoms with Gasteiger partial charge in [-0.1, -0.05) is 41.9 Å². The van der Waals surface area contributed by atoms with Crippen molar-refractivity contribution < 1.29 is 9.66 Å². The smallest absolute Gasteiger partial charge is 0.220 e. The molecule has 148 valence electrons. The van der Waals surface area contributed by atoms with Crippen LogP contribution in [-0.4, -0.2) is 32.8 Å². The Balaban J connectivity index is 1.90. The van der Waals surface area contributed by atoms with Gasteiger partial charge in [-0.25, -0.2) is 0 Å². The minimum atomic E-state index is -0.432. The van der Waals surface area contributed by atoms with Gasteiger partial charge >= 0.3 is 0 Å². The Bertz CT molecular complexity index is 1040. The van der Waals surface area contributed by atoms with Crippen LogP contribution in [0.5, 0.6) is 5.75 Å². The molecule has 0 saturated heterocycles. The molecule has 0 amide bonds. The normalized spacial score (nSPS) is 11.6. The summed E-state index contributed by atoms with van der Waals surface area (Å²) < 4.78 is 7.29. The fourth-order valence-electron chi connectivity index (χ4n) is 2.86. The number of thioether (sulfide) groups is 1. The van der Waals surface area contributed by atoms with E-state index in [4.69, 9.17) is 11.2 Å². The molecule has 1 atom stereocenters. The highest BCUT2D eigenvalue weighted by atomic mass is 32.2. The first-order valence-corrected chi connectivity index (χ1v) is 9.79. The number of aryl methyl sites for hydroxylation is 2. The summed E-state index contributed by atoms with van der Waals surface area (Å²) in [6, 6.07) is 15.1. The molecule has 0 aliphatic carbocycles. The van der Waals surface area contributed by atoms with Gasteiger partial charge in [0.05, 0.1) is 0 Å². The predicted octanol–water partition coefficient (Wildman–Crippen LogP) is 4.01. The average Bonchev–Trinajstić information content (AvgIpc) is 3.06. The molecule has 0 bridgehead atoms. The van der Waals surface area contributed by atoms with E-state index in [1.165, 1.54) is 11.8 Å². The molecule has 0 unspecified atom stereocenters. The van der Waals surface area contributed by atoms with Gasteiger partial charge < -0.3 is 4.74 Å². The first kappa shape index (κ1) is 20.4. The van der Waals surface area contributed by atoms with Crippen LogP contribution in [-0.2, 0) is 0 Å². The van der Waals surface area contributed by atoms with Crippen molar-refractivity contribution in [3.63, 3.8) is 0 Å². The highest BCUT2D eigenvalue weighted by Gasteiger charge is 2.23. The summed E-state index contributed by atoms with van der Waals surface area (Å²) in [5.74, 6) is 3.75. The number of aromatic nitrogens is 3. The van der Waals surface area contributed by atoms with Gasteiger partial charge in [-0.2, -0.15) is 0 Å². The van der Waals surface area contributed by atoms with E-state index in [9.17, 15) is 10.1 Å². The van der Waals surface area contributed by atoms with Gasteiger partial charge in [0.15, 0.2) is 5.16 Å². The molecule has 0 aliphatic rings. The minimum Gasteiger partial charge on any atom is -0.481 e. The summed E-state index contributed by atoms with van der Waals surface area (Å²) in [4.78, 5) is 11.0. The van der Waals surface area contributed by atoms with Crippen LogP contribution >= 0.6 is 11.8 Å². The van der Waals surface area contributed by atoms with E-state index in [1.54, 1.807) is 12.1 Å². The Labute approximate surface area is 173 Å². The highest BCUT2D eigenvalue weighted by Crippen LogP contribution is 2.36. The second-order valence-corrected chi connectivity index (χ2v) is 7.56. The van der Waals surface area contributed by atoms with E-state index < -0.39 is 5.25 Å². The molecule has 2 aromatic carbocycles. The maximum atomic E-state index is 11.3. The van der Waals surface area contributed by atoms with Gasteiger partial charge in [0, 0.05) is 10.6 Å². The average molecular weight is 408 g/mol. The van der Waals surface area contributed by atoms with E-state index >= 15 is 0 Å². The summed E-state index contributed by atoms with van der Waals surface area (Å²) in [7, 11) is 0. The molecule has 1 aromatic heterocycles. The zero-order chi connectivity index (χ0) is 20.8. The Morgan fingerprint density at radius 2 is 2.00 bits per heavy atom. The van der Waals surface area contributed by atoms with Crippen LogP contribution in [0.15, 0.2) is 53.7 Å². The first-order valence-electron chi connectivity index (χ1n) is 8.91. The maximum Gasteiger partial charge on any atom is 0.220 e. The Morgan fingerprint density at radius 3 is 2.66 bits per heavy atom. The van der Waals surface area contributed by atoms with Crippen LogP contribution in [0.1, 0.15) is 22.2 Å². The van der Waals surface area contributed by atoms with Gasteiger partial charge in [0.2, 0.25) is 6.54 Å². The molecular weight excluding hydrogens is 388 g/mol. The number of benzene rings is 2. The van der Waals surface area contributed by atoms with Gasteiger partial charge in [-0.15, -0.1) is 16.6 Å². The highest BCUT2D eigenvalue weighted by molar-refractivity contribution is 7.99. The molecule has 29 heavy (non-hydrogen) atoms.